The van der Waals surface area contributed by atoms with Crippen LogP contribution in [0.1, 0.15) is 39.4 Å². The summed E-state index contributed by atoms with van der Waals surface area (Å²) in [5.41, 5.74) is 2.93. The molecule has 13 heteroatoms. The van der Waals surface area contributed by atoms with Crippen LogP contribution in [-0.2, 0) is 22.4 Å². The van der Waals surface area contributed by atoms with Gasteiger partial charge in [0, 0.05) is 17.7 Å². The standard InChI is InChI=1S/C38H45NO12/c1-42-25-15-14-22(17-26(25)43-2)13-11-12-16-39-33(37(40)50-9)31(23-18-27(44-3)35(48-7)28(19-23)45-4)32(34(39)38(41)51-10)24-20-29(46-5)36(49-8)30(21-24)47-6/h14-15,17-21H,11-13,16H2,1-10H3. The maximum atomic E-state index is 13.9. The summed E-state index contributed by atoms with van der Waals surface area (Å²) in [7, 11) is 14.7. The Balaban J connectivity index is 2.03. The molecule has 1 aromatic heterocycles. The Hall–Kier alpha value is -5.72. The number of carbonyl (C=O) groups is 2. The van der Waals surface area contributed by atoms with Gasteiger partial charge in [-0.1, -0.05) is 6.07 Å². The Morgan fingerprint density at radius 3 is 1.25 bits per heavy atom. The molecule has 0 saturated heterocycles. The van der Waals surface area contributed by atoms with Crippen LogP contribution in [-0.4, -0.2) is 87.6 Å². The molecule has 0 aliphatic rings. The van der Waals surface area contributed by atoms with Crippen molar-refractivity contribution in [3.8, 4) is 68.2 Å². The number of rotatable bonds is 17. The van der Waals surface area contributed by atoms with E-state index >= 15 is 0 Å². The van der Waals surface area contributed by atoms with Crippen molar-refractivity contribution in [3.05, 3.63) is 59.4 Å². The average Bonchev–Trinajstić information content (AvgIpc) is 3.52. The molecule has 0 fully saturated rings. The summed E-state index contributed by atoms with van der Waals surface area (Å²) < 4.78 is 57.1. The van der Waals surface area contributed by atoms with Crippen LogP contribution in [0.3, 0.4) is 0 Å². The number of unbranched alkanes of at least 4 members (excludes halogenated alkanes) is 1. The summed E-state index contributed by atoms with van der Waals surface area (Å²) in [6.07, 6.45) is 1.97. The molecule has 274 valence electrons. The molecular weight excluding hydrogens is 662 g/mol. The van der Waals surface area contributed by atoms with Crippen LogP contribution in [0.15, 0.2) is 42.5 Å². The zero-order valence-corrected chi connectivity index (χ0v) is 30.7. The summed E-state index contributed by atoms with van der Waals surface area (Å²) in [6.45, 7) is 0.254. The van der Waals surface area contributed by atoms with Crippen molar-refractivity contribution in [3.63, 3.8) is 0 Å². The minimum absolute atomic E-state index is 0.113. The van der Waals surface area contributed by atoms with E-state index in [1.807, 2.05) is 18.2 Å². The minimum Gasteiger partial charge on any atom is -0.493 e. The van der Waals surface area contributed by atoms with Crippen molar-refractivity contribution in [2.45, 2.75) is 25.8 Å². The van der Waals surface area contributed by atoms with Gasteiger partial charge in [-0.15, -0.1) is 0 Å². The first-order chi connectivity index (χ1) is 24.7. The van der Waals surface area contributed by atoms with Gasteiger partial charge in [0.05, 0.1) is 71.1 Å². The third-order valence-corrected chi connectivity index (χ3v) is 8.47. The van der Waals surface area contributed by atoms with E-state index in [4.69, 9.17) is 47.4 Å². The maximum Gasteiger partial charge on any atom is 0.355 e. The van der Waals surface area contributed by atoms with Gasteiger partial charge in [0.2, 0.25) is 11.5 Å². The van der Waals surface area contributed by atoms with E-state index in [-0.39, 0.29) is 17.9 Å². The number of aryl methyl sites for hydroxylation is 1. The Bertz CT molecular complexity index is 1710. The van der Waals surface area contributed by atoms with Gasteiger partial charge in [-0.05, 0) is 72.4 Å². The maximum absolute atomic E-state index is 13.9. The number of carbonyl (C=O) groups excluding carboxylic acids is 2. The van der Waals surface area contributed by atoms with E-state index in [9.17, 15) is 9.59 Å². The van der Waals surface area contributed by atoms with Gasteiger partial charge in [0.1, 0.15) is 11.4 Å². The number of esters is 2. The van der Waals surface area contributed by atoms with Gasteiger partial charge >= 0.3 is 11.9 Å². The highest BCUT2D eigenvalue weighted by atomic mass is 16.5. The van der Waals surface area contributed by atoms with Crippen molar-refractivity contribution in [1.29, 1.82) is 0 Å². The average molecular weight is 708 g/mol. The first kappa shape index (κ1) is 38.1. The lowest BCUT2D eigenvalue weighted by molar-refractivity contribution is 0.0577. The molecular formula is C38H45NO12. The SMILES string of the molecule is COC(=O)c1c(-c2cc(OC)c(OC)c(OC)c2)c(-c2cc(OC)c(OC)c(OC)c2)c(C(=O)OC)n1CCCCc1ccc(OC)c(OC)c1. The third-order valence-electron chi connectivity index (χ3n) is 8.47. The normalized spacial score (nSPS) is 10.6. The van der Waals surface area contributed by atoms with E-state index in [2.05, 4.69) is 0 Å². The molecule has 0 saturated carbocycles. The number of benzene rings is 3. The van der Waals surface area contributed by atoms with Crippen LogP contribution >= 0.6 is 0 Å². The van der Waals surface area contributed by atoms with Crippen LogP contribution in [0.25, 0.3) is 22.3 Å². The number of aromatic nitrogens is 1. The van der Waals surface area contributed by atoms with Crippen LogP contribution in [0.5, 0.6) is 46.0 Å². The van der Waals surface area contributed by atoms with E-state index in [0.29, 0.717) is 87.5 Å². The molecule has 3 aromatic carbocycles. The van der Waals surface area contributed by atoms with Crippen LogP contribution < -0.4 is 37.9 Å². The van der Waals surface area contributed by atoms with E-state index in [1.54, 1.807) is 43.1 Å². The van der Waals surface area contributed by atoms with Gasteiger partial charge in [-0.3, -0.25) is 0 Å². The van der Waals surface area contributed by atoms with Crippen molar-refractivity contribution < 1.29 is 57.0 Å². The van der Waals surface area contributed by atoms with Crippen LogP contribution in [0.4, 0.5) is 0 Å². The highest BCUT2D eigenvalue weighted by Crippen LogP contribution is 2.49. The highest BCUT2D eigenvalue weighted by molar-refractivity contribution is 6.09. The molecule has 0 atom stereocenters. The lowest BCUT2D eigenvalue weighted by atomic mass is 9.93. The Morgan fingerprint density at radius 1 is 0.490 bits per heavy atom. The lowest BCUT2D eigenvalue weighted by Crippen LogP contribution is -2.17. The molecule has 0 spiro atoms. The summed E-state index contributed by atoms with van der Waals surface area (Å²) >= 11 is 0. The Labute approximate surface area is 297 Å². The number of methoxy groups -OCH3 is 10. The van der Waals surface area contributed by atoms with Gasteiger partial charge in [0.25, 0.3) is 0 Å². The van der Waals surface area contributed by atoms with Gasteiger partial charge in [0.15, 0.2) is 34.5 Å². The Kier molecular flexibility index (Phi) is 12.9. The largest absolute Gasteiger partial charge is 0.493 e. The molecule has 1 heterocycles. The monoisotopic (exact) mass is 707 g/mol. The molecule has 0 aliphatic heterocycles. The quantitative estimate of drug-likeness (QED) is 0.0879. The minimum atomic E-state index is -0.678. The topological polar surface area (TPSA) is 131 Å². The predicted octanol–water partition coefficient (Wildman–Crippen LogP) is 6.49. The molecule has 0 radical (unpaired) electrons. The molecule has 0 amide bonds. The second-order valence-electron chi connectivity index (χ2n) is 11.1. The summed E-state index contributed by atoms with van der Waals surface area (Å²) in [5, 5.41) is 0. The summed E-state index contributed by atoms with van der Waals surface area (Å²) in [5.74, 6) is 1.94. The zero-order valence-electron chi connectivity index (χ0n) is 30.7. The van der Waals surface area contributed by atoms with Gasteiger partial charge in [-0.25, -0.2) is 9.59 Å². The van der Waals surface area contributed by atoms with E-state index in [1.165, 1.54) is 56.9 Å². The molecule has 0 unspecified atom stereocenters. The predicted molar refractivity (Wildman–Crippen MR) is 190 cm³/mol. The first-order valence-electron chi connectivity index (χ1n) is 15.9. The molecule has 0 bridgehead atoms. The van der Waals surface area contributed by atoms with Crippen molar-refractivity contribution in [2.75, 3.05) is 71.1 Å². The molecule has 4 aromatic rings. The van der Waals surface area contributed by atoms with Crippen LogP contribution in [0, 0.1) is 0 Å². The Morgan fingerprint density at radius 2 is 0.902 bits per heavy atom. The number of nitrogens with zero attached hydrogens (tertiary/aromatic N) is 1. The van der Waals surface area contributed by atoms with Crippen molar-refractivity contribution in [2.24, 2.45) is 0 Å². The first-order valence-corrected chi connectivity index (χ1v) is 15.9. The number of ether oxygens (including phenoxy) is 10. The molecule has 0 N–H and O–H groups in total. The van der Waals surface area contributed by atoms with Crippen molar-refractivity contribution >= 4 is 11.9 Å². The van der Waals surface area contributed by atoms with Crippen LogP contribution in [0.2, 0.25) is 0 Å². The van der Waals surface area contributed by atoms with Gasteiger partial charge < -0.3 is 51.9 Å². The number of hydrogen-bond donors (Lipinski definition) is 0. The molecule has 0 aliphatic carbocycles. The fourth-order valence-corrected chi connectivity index (χ4v) is 6.11. The highest BCUT2D eigenvalue weighted by Gasteiger charge is 2.35. The summed E-state index contributed by atoms with van der Waals surface area (Å²) in [6, 6.07) is 12.6. The molecule has 4 rings (SSSR count). The number of hydrogen-bond acceptors (Lipinski definition) is 12. The second-order valence-corrected chi connectivity index (χ2v) is 11.1. The second kappa shape index (κ2) is 17.3. The van der Waals surface area contributed by atoms with Gasteiger partial charge in [-0.2, -0.15) is 0 Å². The fraction of sp³-hybridized carbons (Fsp3) is 0.368. The van der Waals surface area contributed by atoms with E-state index in [0.717, 1.165) is 5.56 Å². The zero-order chi connectivity index (χ0) is 37.2. The third kappa shape index (κ3) is 7.57. The molecule has 51 heavy (non-hydrogen) atoms. The lowest BCUT2D eigenvalue weighted by Gasteiger charge is -2.17. The van der Waals surface area contributed by atoms with E-state index < -0.39 is 11.9 Å². The summed E-state index contributed by atoms with van der Waals surface area (Å²) in [4.78, 5) is 27.8. The fourth-order valence-electron chi connectivity index (χ4n) is 6.11. The molecule has 13 nitrogen and oxygen atoms in total. The smallest absolute Gasteiger partial charge is 0.355 e. The van der Waals surface area contributed by atoms with Crippen molar-refractivity contribution in [1.82, 2.24) is 4.57 Å².